The van der Waals surface area contributed by atoms with Gasteiger partial charge in [0.05, 0.1) is 22.5 Å². The molecule has 0 radical (unpaired) electrons. The molecule has 3 aromatic rings. The zero-order valence-electron chi connectivity index (χ0n) is 20.6. The van der Waals surface area contributed by atoms with Gasteiger partial charge in [-0.15, -0.1) is 0 Å². The summed E-state index contributed by atoms with van der Waals surface area (Å²) < 4.78 is 0. The number of aryl methyl sites for hydroxylation is 2. The maximum Gasteiger partial charge on any atom is 0.199 e. The van der Waals surface area contributed by atoms with Gasteiger partial charge in [-0.2, -0.15) is 0 Å². The lowest BCUT2D eigenvalue weighted by Gasteiger charge is -2.31. The van der Waals surface area contributed by atoms with E-state index in [1.165, 1.54) is 0 Å². The van der Waals surface area contributed by atoms with Crippen LogP contribution in [0.25, 0.3) is 22.3 Å². The fourth-order valence-corrected chi connectivity index (χ4v) is 5.23. The average Bonchev–Trinajstić information content (AvgIpc) is 2.82. The van der Waals surface area contributed by atoms with E-state index in [1.54, 1.807) is 6.20 Å². The molecule has 1 aliphatic carbocycles. The molecule has 2 heterocycles. The Hall–Kier alpha value is -2.41. The Morgan fingerprint density at radius 3 is 2.40 bits per heavy atom. The van der Waals surface area contributed by atoms with Crippen LogP contribution in [0.2, 0.25) is 0 Å². The highest BCUT2D eigenvalue weighted by molar-refractivity contribution is 6.55. The number of fused-ring (bicyclic) bond motifs is 1. The van der Waals surface area contributed by atoms with Gasteiger partial charge in [-0.05, 0) is 94.9 Å². The third-order valence-electron chi connectivity index (χ3n) is 6.78. The van der Waals surface area contributed by atoms with E-state index >= 15 is 0 Å². The number of aromatic hydroxyl groups is 1. The number of anilines is 1. The number of phenols is 1. The van der Waals surface area contributed by atoms with E-state index in [0.717, 1.165) is 54.6 Å². The van der Waals surface area contributed by atoms with Crippen LogP contribution >= 0.6 is 23.2 Å². The lowest BCUT2D eigenvalue weighted by Crippen LogP contribution is -2.31. The second-order valence-corrected chi connectivity index (χ2v) is 11.0. The van der Waals surface area contributed by atoms with Crippen molar-refractivity contribution in [2.24, 2.45) is 5.92 Å². The quantitative estimate of drug-likeness (QED) is 0.291. The van der Waals surface area contributed by atoms with E-state index < -0.39 is 10.6 Å². The zero-order valence-corrected chi connectivity index (χ0v) is 22.1. The van der Waals surface area contributed by atoms with Crippen molar-refractivity contribution in [3.05, 3.63) is 47.2 Å². The van der Waals surface area contributed by atoms with Crippen LogP contribution in [0.4, 0.5) is 5.69 Å². The van der Waals surface area contributed by atoms with Crippen molar-refractivity contribution in [3.63, 3.8) is 0 Å². The Morgan fingerprint density at radius 1 is 1.14 bits per heavy atom. The summed E-state index contributed by atoms with van der Waals surface area (Å²) in [5.74, 6) is 0.570. The molecule has 6 nitrogen and oxygen atoms in total. The van der Waals surface area contributed by atoms with Crippen LogP contribution in [-0.2, 0) is 0 Å². The molecule has 0 unspecified atom stereocenters. The normalized spacial score (nSPS) is 18.4. The molecule has 0 aliphatic heterocycles. The van der Waals surface area contributed by atoms with E-state index in [1.807, 2.05) is 38.1 Å². The number of pyridine rings is 2. The summed E-state index contributed by atoms with van der Waals surface area (Å²) >= 11 is 12.0. The fraction of sp³-hybridized carbons (Fsp3) is 0.444. The highest BCUT2D eigenvalue weighted by atomic mass is 35.5. The molecule has 4 rings (SSSR count). The first-order chi connectivity index (χ1) is 16.6. The lowest BCUT2D eigenvalue weighted by atomic mass is 9.85. The van der Waals surface area contributed by atoms with Gasteiger partial charge in [0.25, 0.3) is 0 Å². The summed E-state index contributed by atoms with van der Waals surface area (Å²) in [6, 6.07) is 7.85. The first-order valence-corrected chi connectivity index (χ1v) is 12.8. The Labute approximate surface area is 216 Å². The highest BCUT2D eigenvalue weighted by Gasteiger charge is 2.26. The van der Waals surface area contributed by atoms with E-state index in [0.29, 0.717) is 28.2 Å². The van der Waals surface area contributed by atoms with Gasteiger partial charge in [0.15, 0.2) is 10.6 Å². The number of benzene rings is 1. The van der Waals surface area contributed by atoms with Gasteiger partial charge in [0, 0.05) is 24.3 Å². The number of rotatable bonds is 7. The summed E-state index contributed by atoms with van der Waals surface area (Å²) in [6.07, 6.45) is 5.81. The van der Waals surface area contributed by atoms with Crippen LogP contribution < -0.4 is 5.32 Å². The SMILES string of the molecule is Cc1cc(-c2ccc3ncc(C(=O)C(Cl)Cl)c(N[C@H]4CC[C@H](CN(C)C)CC4)c3n2)cc(C)c1O. The summed E-state index contributed by atoms with van der Waals surface area (Å²) in [6.45, 7) is 4.82. The van der Waals surface area contributed by atoms with Gasteiger partial charge < -0.3 is 15.3 Å². The van der Waals surface area contributed by atoms with E-state index in [2.05, 4.69) is 29.3 Å². The molecular weight excluding hydrogens is 483 g/mol. The molecule has 0 spiro atoms. The number of Topliss-reactive ketones (excluding diaryl/α,β-unsaturated/α-hetero) is 1. The Kier molecular flexibility index (Phi) is 7.84. The van der Waals surface area contributed by atoms with Gasteiger partial charge in [-0.3, -0.25) is 9.78 Å². The number of carbonyl (C=O) groups is 1. The number of ketones is 1. The predicted octanol–water partition coefficient (Wildman–Crippen LogP) is 6.14. The third-order valence-corrected chi connectivity index (χ3v) is 7.18. The minimum atomic E-state index is -1.18. The molecule has 0 atom stereocenters. The molecule has 1 aliphatic rings. The van der Waals surface area contributed by atoms with E-state index in [-0.39, 0.29) is 11.8 Å². The van der Waals surface area contributed by atoms with E-state index in [9.17, 15) is 9.90 Å². The summed E-state index contributed by atoms with van der Waals surface area (Å²) in [4.78, 5) is 23.4. The Morgan fingerprint density at radius 2 is 1.80 bits per heavy atom. The standard InChI is InChI=1S/C27H32Cl2N4O2/c1-15-11-18(12-16(2)25(15)34)21-9-10-22-24(32-21)23(20(13-30-22)26(35)27(28)29)31-19-7-5-17(6-8-19)14-33(3)4/h9-13,17,19,27,34H,5-8,14H2,1-4H3,(H,30,31)/t17-,19-. The monoisotopic (exact) mass is 514 g/mol. The summed E-state index contributed by atoms with van der Waals surface area (Å²) in [5, 5.41) is 13.8. The topological polar surface area (TPSA) is 78.4 Å². The molecule has 0 saturated heterocycles. The lowest BCUT2D eigenvalue weighted by molar-refractivity contribution is 0.101. The molecule has 0 bridgehead atoms. The average molecular weight is 515 g/mol. The second kappa shape index (κ2) is 10.7. The number of nitrogens with one attached hydrogen (secondary N) is 1. The molecule has 2 N–H and O–H groups in total. The van der Waals surface area contributed by atoms with Gasteiger partial charge in [-0.1, -0.05) is 23.2 Å². The molecule has 1 aromatic carbocycles. The minimum absolute atomic E-state index is 0.221. The number of alkyl halides is 2. The molecule has 2 aromatic heterocycles. The van der Waals surface area contributed by atoms with Crippen molar-refractivity contribution in [3.8, 4) is 17.0 Å². The summed E-state index contributed by atoms with van der Waals surface area (Å²) in [5.41, 5.74) is 5.47. The van der Waals surface area contributed by atoms with Crippen molar-refractivity contribution in [1.29, 1.82) is 0 Å². The van der Waals surface area contributed by atoms with Gasteiger partial charge >= 0.3 is 0 Å². The van der Waals surface area contributed by atoms with Crippen molar-refractivity contribution < 1.29 is 9.90 Å². The second-order valence-electron chi connectivity index (χ2n) is 9.86. The van der Waals surface area contributed by atoms with Crippen LogP contribution in [0.5, 0.6) is 5.75 Å². The third kappa shape index (κ3) is 5.71. The van der Waals surface area contributed by atoms with Crippen LogP contribution in [-0.4, -0.2) is 57.3 Å². The maximum atomic E-state index is 12.9. The van der Waals surface area contributed by atoms with Crippen LogP contribution in [0, 0.1) is 19.8 Å². The van der Waals surface area contributed by atoms with Crippen molar-refractivity contribution >= 4 is 45.7 Å². The number of aromatic nitrogens is 2. The van der Waals surface area contributed by atoms with Crippen LogP contribution in [0.15, 0.2) is 30.5 Å². The molecule has 0 amide bonds. The molecule has 8 heteroatoms. The summed E-state index contributed by atoms with van der Waals surface area (Å²) in [7, 11) is 4.22. The Balaban J connectivity index is 1.75. The number of halogens is 2. The number of hydrogen-bond acceptors (Lipinski definition) is 6. The fourth-order valence-electron chi connectivity index (χ4n) is 4.99. The van der Waals surface area contributed by atoms with Gasteiger partial charge in [-0.25, -0.2) is 4.98 Å². The molecule has 1 saturated carbocycles. The van der Waals surface area contributed by atoms with Crippen LogP contribution in [0.3, 0.4) is 0 Å². The smallest absolute Gasteiger partial charge is 0.199 e. The van der Waals surface area contributed by atoms with Crippen molar-refractivity contribution in [2.45, 2.75) is 50.4 Å². The molecule has 35 heavy (non-hydrogen) atoms. The molecule has 1 fully saturated rings. The van der Waals surface area contributed by atoms with Gasteiger partial charge in [0.2, 0.25) is 0 Å². The minimum Gasteiger partial charge on any atom is -0.507 e. The highest BCUT2D eigenvalue weighted by Crippen LogP contribution is 2.34. The predicted molar refractivity (Wildman–Crippen MR) is 144 cm³/mol. The van der Waals surface area contributed by atoms with Crippen molar-refractivity contribution in [1.82, 2.24) is 14.9 Å². The molecule has 186 valence electrons. The zero-order chi connectivity index (χ0) is 25.3. The first-order valence-electron chi connectivity index (χ1n) is 12.0. The van der Waals surface area contributed by atoms with Gasteiger partial charge in [0.1, 0.15) is 11.3 Å². The molecular formula is C27H32Cl2N4O2. The maximum absolute atomic E-state index is 12.9. The number of phenolic OH excluding ortho intramolecular Hbond substituents is 1. The largest absolute Gasteiger partial charge is 0.507 e. The number of hydrogen-bond donors (Lipinski definition) is 2. The number of carbonyl (C=O) groups excluding carboxylic acids is 1. The first kappa shape index (κ1) is 25.7. The Bertz CT molecular complexity index is 1210. The van der Waals surface area contributed by atoms with E-state index in [4.69, 9.17) is 28.2 Å². The number of nitrogens with zero attached hydrogens (tertiary/aromatic N) is 3. The van der Waals surface area contributed by atoms with Crippen molar-refractivity contribution in [2.75, 3.05) is 26.0 Å². The van der Waals surface area contributed by atoms with Crippen LogP contribution in [0.1, 0.15) is 47.2 Å².